The van der Waals surface area contributed by atoms with Crippen LogP contribution in [-0.2, 0) is 4.74 Å². The van der Waals surface area contributed by atoms with Crippen molar-refractivity contribution in [1.29, 1.82) is 10.5 Å². The molecule has 0 saturated carbocycles. The maximum absolute atomic E-state index is 9.05. The quantitative estimate of drug-likeness (QED) is 0.798. The normalized spacial score (nSPS) is 14.0. The maximum atomic E-state index is 9.05. The van der Waals surface area contributed by atoms with Gasteiger partial charge >= 0.3 is 0 Å². The second-order valence-corrected chi connectivity index (χ2v) is 5.25. The Morgan fingerprint density at radius 3 is 2.30 bits per heavy atom. The van der Waals surface area contributed by atoms with Gasteiger partial charge in [-0.15, -0.1) is 0 Å². The summed E-state index contributed by atoms with van der Waals surface area (Å²) in [4.78, 5) is 1.99. The molecule has 0 N–H and O–H groups in total. The van der Waals surface area contributed by atoms with Gasteiger partial charge in [0.05, 0.1) is 0 Å². The predicted octanol–water partition coefficient (Wildman–Crippen LogP) is 3.75. The van der Waals surface area contributed by atoms with Gasteiger partial charge < -0.3 is 9.64 Å². The van der Waals surface area contributed by atoms with Crippen LogP contribution in [0.15, 0.2) is 71.2 Å². The topological polar surface area (TPSA) is 60.0 Å². The molecule has 0 aliphatic carbocycles. The van der Waals surface area contributed by atoms with Gasteiger partial charge in [-0.05, 0) is 24.6 Å². The van der Waals surface area contributed by atoms with Crippen LogP contribution in [0.2, 0.25) is 0 Å². The number of nitrogens with zero attached hydrogens (tertiary/aromatic N) is 3. The third-order valence-electron chi connectivity index (χ3n) is 3.28. The lowest BCUT2D eigenvalue weighted by Crippen LogP contribution is -2.11. The zero-order valence-corrected chi connectivity index (χ0v) is 13.4. The van der Waals surface area contributed by atoms with E-state index in [0.29, 0.717) is 17.1 Å². The monoisotopic (exact) mass is 303 g/mol. The molecule has 0 atom stereocenters. The number of allylic oxidation sites excluding steroid dienone is 6. The molecule has 1 aliphatic heterocycles. The Hall–Kier alpha value is -3.24. The first-order valence-corrected chi connectivity index (χ1v) is 7.12. The third kappa shape index (κ3) is 3.90. The predicted molar refractivity (Wildman–Crippen MR) is 89.3 cm³/mol. The molecule has 0 bridgehead atoms. The van der Waals surface area contributed by atoms with Crippen LogP contribution in [0.3, 0.4) is 0 Å². The summed E-state index contributed by atoms with van der Waals surface area (Å²) in [5.74, 6) is 1.23. The van der Waals surface area contributed by atoms with E-state index in [-0.39, 0.29) is 5.57 Å². The van der Waals surface area contributed by atoms with Gasteiger partial charge in [0.1, 0.15) is 29.2 Å². The molecule has 23 heavy (non-hydrogen) atoms. The van der Waals surface area contributed by atoms with Gasteiger partial charge in [0.25, 0.3) is 0 Å². The SMILES string of the molecule is CC1=CC(=C(C#N)C#N)C=C(/C=C(/c2ccccc2)N(C)C)O1. The van der Waals surface area contributed by atoms with Crippen LogP contribution in [0.5, 0.6) is 0 Å². The molecule has 0 fully saturated rings. The molecular formula is C19H17N3O. The summed E-state index contributed by atoms with van der Waals surface area (Å²) >= 11 is 0. The lowest BCUT2D eigenvalue weighted by atomic mass is 10.1. The van der Waals surface area contributed by atoms with Crippen LogP contribution in [-0.4, -0.2) is 19.0 Å². The van der Waals surface area contributed by atoms with Gasteiger partial charge in [-0.2, -0.15) is 10.5 Å². The molecular weight excluding hydrogens is 286 g/mol. The van der Waals surface area contributed by atoms with E-state index in [9.17, 15) is 0 Å². The molecule has 4 heteroatoms. The number of nitriles is 2. The summed E-state index contributed by atoms with van der Waals surface area (Å²) in [6.45, 7) is 1.80. The van der Waals surface area contributed by atoms with E-state index in [1.807, 2.05) is 67.5 Å². The highest BCUT2D eigenvalue weighted by Gasteiger charge is 2.13. The van der Waals surface area contributed by atoms with Gasteiger partial charge in [-0.3, -0.25) is 0 Å². The first-order valence-electron chi connectivity index (χ1n) is 7.12. The largest absolute Gasteiger partial charge is 0.462 e. The Balaban J connectivity index is 2.50. The van der Waals surface area contributed by atoms with Gasteiger partial charge in [0, 0.05) is 31.4 Å². The summed E-state index contributed by atoms with van der Waals surface area (Å²) in [5.41, 5.74) is 2.67. The van der Waals surface area contributed by atoms with Crippen molar-refractivity contribution in [3.8, 4) is 12.1 Å². The van der Waals surface area contributed by atoms with Crippen LogP contribution >= 0.6 is 0 Å². The molecule has 0 saturated heterocycles. The zero-order chi connectivity index (χ0) is 16.8. The van der Waals surface area contributed by atoms with E-state index in [1.54, 1.807) is 19.1 Å². The first-order chi connectivity index (χ1) is 11.0. The van der Waals surface area contributed by atoms with Gasteiger partial charge in [-0.1, -0.05) is 30.3 Å². The minimum Gasteiger partial charge on any atom is -0.462 e. The first kappa shape index (κ1) is 16.1. The molecule has 0 radical (unpaired) electrons. The standard InChI is InChI=1S/C19H17N3O/c1-14-9-16(17(12-20)13-21)10-18(23-14)11-19(22(2)3)15-7-5-4-6-8-15/h4-11H,1-3H3/b19-11-. The number of ether oxygens (including phenoxy) is 1. The van der Waals surface area contributed by atoms with Crippen molar-refractivity contribution < 1.29 is 4.74 Å². The summed E-state index contributed by atoms with van der Waals surface area (Å²) in [5, 5.41) is 18.1. The van der Waals surface area contributed by atoms with Crippen LogP contribution < -0.4 is 0 Å². The number of rotatable bonds is 3. The van der Waals surface area contributed by atoms with Crippen molar-refractivity contribution in [3.05, 3.63) is 76.8 Å². The fourth-order valence-electron chi connectivity index (χ4n) is 2.24. The van der Waals surface area contributed by atoms with Gasteiger partial charge in [0.2, 0.25) is 0 Å². The molecule has 1 aromatic carbocycles. The zero-order valence-electron chi connectivity index (χ0n) is 13.4. The molecule has 1 heterocycles. The highest BCUT2D eigenvalue weighted by atomic mass is 16.5. The smallest absolute Gasteiger partial charge is 0.137 e. The summed E-state index contributed by atoms with van der Waals surface area (Å²) in [7, 11) is 3.91. The third-order valence-corrected chi connectivity index (χ3v) is 3.28. The van der Waals surface area contributed by atoms with Crippen molar-refractivity contribution >= 4 is 5.70 Å². The van der Waals surface area contributed by atoms with Crippen LogP contribution in [0.4, 0.5) is 0 Å². The minimum atomic E-state index is 0.0738. The van der Waals surface area contributed by atoms with Crippen molar-refractivity contribution in [3.63, 3.8) is 0 Å². The molecule has 0 unspecified atom stereocenters. The Labute approximate surface area is 136 Å². The van der Waals surface area contributed by atoms with E-state index >= 15 is 0 Å². The molecule has 114 valence electrons. The lowest BCUT2D eigenvalue weighted by molar-refractivity contribution is 0.317. The second kappa shape index (κ2) is 7.15. The van der Waals surface area contributed by atoms with Crippen molar-refractivity contribution in [2.24, 2.45) is 0 Å². The Bertz CT molecular complexity index is 781. The molecule has 4 nitrogen and oxygen atoms in total. The van der Waals surface area contributed by atoms with E-state index in [2.05, 4.69) is 0 Å². The average molecular weight is 303 g/mol. The Morgan fingerprint density at radius 2 is 1.74 bits per heavy atom. The number of benzene rings is 1. The summed E-state index contributed by atoms with van der Waals surface area (Å²) < 4.78 is 5.72. The fraction of sp³-hybridized carbons (Fsp3) is 0.158. The van der Waals surface area contributed by atoms with Crippen molar-refractivity contribution in [1.82, 2.24) is 4.90 Å². The van der Waals surface area contributed by atoms with E-state index < -0.39 is 0 Å². The minimum absolute atomic E-state index is 0.0738. The van der Waals surface area contributed by atoms with Crippen molar-refractivity contribution in [2.75, 3.05) is 14.1 Å². The average Bonchev–Trinajstić information content (AvgIpc) is 2.54. The molecule has 0 spiro atoms. The highest BCUT2D eigenvalue weighted by molar-refractivity contribution is 5.67. The van der Waals surface area contributed by atoms with E-state index in [0.717, 1.165) is 11.3 Å². The summed E-state index contributed by atoms with van der Waals surface area (Å²) in [6, 6.07) is 13.8. The Morgan fingerprint density at radius 1 is 1.09 bits per heavy atom. The highest BCUT2D eigenvalue weighted by Crippen LogP contribution is 2.26. The fourth-order valence-corrected chi connectivity index (χ4v) is 2.24. The molecule has 1 aliphatic rings. The lowest BCUT2D eigenvalue weighted by Gasteiger charge is -2.20. The van der Waals surface area contributed by atoms with E-state index in [4.69, 9.17) is 15.3 Å². The van der Waals surface area contributed by atoms with Crippen LogP contribution in [0, 0.1) is 22.7 Å². The Kier molecular flexibility index (Phi) is 5.02. The summed E-state index contributed by atoms with van der Waals surface area (Å²) in [6.07, 6.45) is 5.30. The maximum Gasteiger partial charge on any atom is 0.137 e. The van der Waals surface area contributed by atoms with E-state index in [1.165, 1.54) is 0 Å². The van der Waals surface area contributed by atoms with Gasteiger partial charge in [-0.25, -0.2) is 0 Å². The number of hydrogen-bond acceptors (Lipinski definition) is 4. The van der Waals surface area contributed by atoms with Crippen LogP contribution in [0.1, 0.15) is 12.5 Å². The number of hydrogen-bond donors (Lipinski definition) is 0. The second-order valence-electron chi connectivity index (χ2n) is 5.25. The van der Waals surface area contributed by atoms with Gasteiger partial charge in [0.15, 0.2) is 0 Å². The van der Waals surface area contributed by atoms with Crippen LogP contribution in [0.25, 0.3) is 5.70 Å². The molecule has 2 rings (SSSR count). The molecule has 0 aromatic heterocycles. The molecule has 0 amide bonds. The molecule has 1 aromatic rings. The van der Waals surface area contributed by atoms with Crippen molar-refractivity contribution in [2.45, 2.75) is 6.92 Å².